The monoisotopic (exact) mass is 450 g/mol. The number of nitrogens with zero attached hydrogens (tertiary/aromatic N) is 3. The molecule has 3 aromatic rings. The molecule has 3 heterocycles. The van der Waals surface area contributed by atoms with Crippen molar-refractivity contribution >= 4 is 33.5 Å². The fourth-order valence-electron chi connectivity index (χ4n) is 3.92. The molecule has 130 valence electrons. The molecule has 4 nitrogen and oxygen atoms in total. The summed E-state index contributed by atoms with van der Waals surface area (Å²) in [5.41, 5.74) is 5.80. The van der Waals surface area contributed by atoms with Gasteiger partial charge in [-0.1, -0.05) is 28.7 Å². The predicted octanol–water partition coefficient (Wildman–Crippen LogP) is 4.44. The van der Waals surface area contributed by atoms with Crippen LogP contribution in [0.3, 0.4) is 0 Å². The molecule has 0 unspecified atom stereocenters. The summed E-state index contributed by atoms with van der Waals surface area (Å²) in [5.74, 6) is -0.232. The lowest BCUT2D eigenvalue weighted by molar-refractivity contribution is 0.182. The summed E-state index contributed by atoms with van der Waals surface area (Å²) >= 11 is 2.36. The number of halogens is 2. The van der Waals surface area contributed by atoms with Gasteiger partial charge in [0.1, 0.15) is 5.82 Å². The molecule has 1 aromatic carbocycles. The normalized spacial score (nSPS) is 20.8. The van der Waals surface area contributed by atoms with E-state index in [4.69, 9.17) is 0 Å². The highest BCUT2D eigenvalue weighted by Crippen LogP contribution is 2.41. The maximum Gasteiger partial charge on any atom is 0.146 e. The first-order chi connectivity index (χ1) is 12.0. The highest BCUT2D eigenvalue weighted by Gasteiger charge is 2.36. The quantitative estimate of drug-likeness (QED) is 0.357. The van der Waals surface area contributed by atoms with E-state index in [1.165, 1.54) is 10.9 Å². The number of nitrogens with one attached hydrogen (secondary N) is 1. The first-order valence-corrected chi connectivity index (χ1v) is 9.94. The molecule has 25 heavy (non-hydrogen) atoms. The Bertz CT molecular complexity index is 952. The van der Waals surface area contributed by atoms with Crippen molar-refractivity contribution in [2.24, 2.45) is 0 Å². The van der Waals surface area contributed by atoms with Crippen LogP contribution in [0.2, 0.25) is 0 Å². The second-order valence-corrected chi connectivity index (χ2v) is 7.53. The van der Waals surface area contributed by atoms with E-state index >= 15 is 0 Å². The van der Waals surface area contributed by atoms with Crippen LogP contribution in [0.15, 0.2) is 24.4 Å². The van der Waals surface area contributed by atoms with Crippen LogP contribution in [0.5, 0.6) is 0 Å². The Morgan fingerprint density at radius 2 is 2.16 bits per heavy atom. The lowest BCUT2D eigenvalue weighted by atomic mass is 9.85. The van der Waals surface area contributed by atoms with Crippen molar-refractivity contribution in [3.8, 4) is 0 Å². The maximum absolute atomic E-state index is 14.8. The van der Waals surface area contributed by atoms with E-state index in [9.17, 15) is 4.39 Å². The van der Waals surface area contributed by atoms with Crippen molar-refractivity contribution in [2.45, 2.75) is 39.3 Å². The number of aryl methyl sites for hydroxylation is 2. The maximum atomic E-state index is 14.8. The zero-order valence-electron chi connectivity index (χ0n) is 14.5. The van der Waals surface area contributed by atoms with Crippen molar-refractivity contribution in [2.75, 3.05) is 4.55 Å². The first-order valence-electron chi connectivity index (χ1n) is 8.41. The SMILES string of the molecule is Cc1cnc([C@@H]2c3ccc4n[nH]c(C)c4c3C[C@@H](C)N2CI)c(F)c1. The van der Waals surface area contributed by atoms with Crippen LogP contribution in [-0.4, -0.2) is 30.7 Å². The predicted molar refractivity (Wildman–Crippen MR) is 105 cm³/mol. The summed E-state index contributed by atoms with van der Waals surface area (Å²) in [6, 6.07) is 5.83. The van der Waals surface area contributed by atoms with Gasteiger partial charge in [-0.2, -0.15) is 5.10 Å². The fraction of sp³-hybridized carbons (Fsp3) is 0.368. The summed E-state index contributed by atoms with van der Waals surface area (Å²) in [5, 5.41) is 8.65. The summed E-state index contributed by atoms with van der Waals surface area (Å²) < 4.78 is 15.6. The minimum absolute atomic E-state index is 0.171. The molecule has 0 saturated carbocycles. The minimum Gasteiger partial charge on any atom is -0.282 e. The Hall–Kier alpha value is -1.54. The van der Waals surface area contributed by atoms with Crippen LogP contribution < -0.4 is 0 Å². The van der Waals surface area contributed by atoms with E-state index in [-0.39, 0.29) is 11.9 Å². The summed E-state index contributed by atoms with van der Waals surface area (Å²) in [4.78, 5) is 6.80. The number of aromatic amines is 1. The van der Waals surface area contributed by atoms with Crippen LogP contribution in [0.4, 0.5) is 4.39 Å². The van der Waals surface area contributed by atoms with Crippen molar-refractivity contribution < 1.29 is 4.39 Å². The van der Waals surface area contributed by atoms with E-state index in [1.54, 1.807) is 12.3 Å². The number of rotatable bonds is 2. The Morgan fingerprint density at radius 3 is 2.88 bits per heavy atom. The summed E-state index contributed by atoms with van der Waals surface area (Å²) in [6.45, 7) is 6.12. The number of benzene rings is 1. The molecule has 0 radical (unpaired) electrons. The van der Waals surface area contributed by atoms with Gasteiger partial charge in [0.2, 0.25) is 0 Å². The number of H-pyrrole nitrogens is 1. The Morgan fingerprint density at radius 1 is 1.36 bits per heavy atom. The average molecular weight is 450 g/mol. The van der Waals surface area contributed by atoms with Gasteiger partial charge < -0.3 is 0 Å². The highest BCUT2D eigenvalue weighted by molar-refractivity contribution is 14.1. The molecule has 1 aliphatic rings. The third-order valence-corrected chi connectivity index (χ3v) is 5.93. The zero-order chi connectivity index (χ0) is 17.7. The molecular formula is C19H20FIN4. The van der Waals surface area contributed by atoms with Gasteiger partial charge >= 0.3 is 0 Å². The van der Waals surface area contributed by atoms with Crippen LogP contribution in [-0.2, 0) is 6.42 Å². The number of fused-ring (bicyclic) bond motifs is 3. The number of pyridine rings is 1. The molecule has 2 aromatic heterocycles. The average Bonchev–Trinajstić information content (AvgIpc) is 2.96. The molecule has 0 bridgehead atoms. The van der Waals surface area contributed by atoms with Crippen molar-refractivity contribution in [3.63, 3.8) is 0 Å². The van der Waals surface area contributed by atoms with E-state index < -0.39 is 0 Å². The largest absolute Gasteiger partial charge is 0.282 e. The van der Waals surface area contributed by atoms with Gasteiger partial charge in [0, 0.05) is 23.3 Å². The molecule has 2 atom stereocenters. The summed E-state index contributed by atoms with van der Waals surface area (Å²) in [6.07, 6.45) is 2.68. The number of alkyl halides is 1. The molecule has 1 N–H and O–H groups in total. The van der Waals surface area contributed by atoms with Crippen LogP contribution in [0, 0.1) is 19.7 Å². The third-order valence-electron chi connectivity index (χ3n) is 5.14. The first kappa shape index (κ1) is 16.9. The van der Waals surface area contributed by atoms with Gasteiger partial charge in [-0.3, -0.25) is 15.0 Å². The van der Waals surface area contributed by atoms with E-state index in [1.807, 2.05) is 19.9 Å². The van der Waals surface area contributed by atoms with Gasteiger partial charge in [-0.05, 0) is 56.0 Å². The Balaban J connectivity index is 1.99. The molecular weight excluding hydrogens is 430 g/mol. The van der Waals surface area contributed by atoms with Gasteiger partial charge in [0.05, 0.1) is 21.8 Å². The number of hydrogen-bond acceptors (Lipinski definition) is 3. The molecule has 0 saturated heterocycles. The zero-order valence-corrected chi connectivity index (χ0v) is 16.6. The molecule has 0 aliphatic carbocycles. The second-order valence-electron chi connectivity index (χ2n) is 6.85. The van der Waals surface area contributed by atoms with Crippen LogP contribution in [0.25, 0.3) is 10.9 Å². The van der Waals surface area contributed by atoms with Crippen molar-refractivity contribution in [1.82, 2.24) is 20.1 Å². The van der Waals surface area contributed by atoms with Gasteiger partial charge in [-0.15, -0.1) is 0 Å². The second kappa shape index (κ2) is 6.32. The highest BCUT2D eigenvalue weighted by atomic mass is 127. The lowest BCUT2D eigenvalue weighted by Crippen LogP contribution is -2.42. The smallest absolute Gasteiger partial charge is 0.146 e. The molecule has 4 rings (SSSR count). The minimum atomic E-state index is -0.232. The molecule has 1 aliphatic heterocycles. The number of aromatic nitrogens is 3. The molecule has 0 fully saturated rings. The topological polar surface area (TPSA) is 44.8 Å². The van der Waals surface area contributed by atoms with E-state index in [0.29, 0.717) is 11.7 Å². The summed E-state index contributed by atoms with van der Waals surface area (Å²) in [7, 11) is 0. The third kappa shape index (κ3) is 2.66. The molecule has 6 heteroatoms. The fourth-order valence-corrected chi connectivity index (χ4v) is 4.99. The van der Waals surface area contributed by atoms with Crippen LogP contribution >= 0.6 is 22.6 Å². The van der Waals surface area contributed by atoms with Crippen molar-refractivity contribution in [3.05, 3.63) is 58.3 Å². The van der Waals surface area contributed by atoms with Gasteiger partial charge in [0.25, 0.3) is 0 Å². The molecule has 0 spiro atoms. The van der Waals surface area contributed by atoms with E-state index in [0.717, 1.165) is 33.3 Å². The van der Waals surface area contributed by atoms with Gasteiger partial charge in [0.15, 0.2) is 0 Å². The standard InChI is InChI=1S/C19H20FIN4/c1-10-6-15(20)18(22-8-10)19-13-4-5-16-17(12(3)23-24-16)14(13)7-11(2)25(19)9-21/h4-6,8,11,19H,7,9H2,1-3H3,(H,23,24)/t11-,19+/m1/s1. The molecule has 0 amide bonds. The van der Waals surface area contributed by atoms with Crippen molar-refractivity contribution in [1.29, 1.82) is 0 Å². The Labute approximate surface area is 160 Å². The number of hydrogen-bond donors (Lipinski definition) is 1. The van der Waals surface area contributed by atoms with Gasteiger partial charge in [-0.25, -0.2) is 4.39 Å². The van der Waals surface area contributed by atoms with Crippen LogP contribution in [0.1, 0.15) is 41.0 Å². The Kier molecular flexibility index (Phi) is 4.27. The lowest BCUT2D eigenvalue weighted by Gasteiger charge is -2.41. The van der Waals surface area contributed by atoms with E-state index in [2.05, 4.69) is 55.7 Å².